The van der Waals surface area contributed by atoms with Gasteiger partial charge in [-0.3, -0.25) is 4.79 Å². The molecule has 2 aliphatic carbocycles. The maximum atomic E-state index is 11.8. The fourth-order valence-corrected chi connectivity index (χ4v) is 4.12. The van der Waals surface area contributed by atoms with E-state index in [4.69, 9.17) is 4.74 Å². The molecule has 1 heterocycles. The van der Waals surface area contributed by atoms with Gasteiger partial charge in [-0.2, -0.15) is 0 Å². The molecule has 90 valence electrons. The highest BCUT2D eigenvalue weighted by Gasteiger charge is 2.44. The Labute approximate surface area is 97.7 Å². The second kappa shape index (κ2) is 4.14. The minimum Gasteiger partial charge on any atom is -0.375 e. The van der Waals surface area contributed by atoms with Crippen LogP contribution in [0.5, 0.6) is 0 Å². The Bertz CT molecular complexity index is 278. The van der Waals surface area contributed by atoms with Gasteiger partial charge in [0.1, 0.15) is 5.78 Å². The van der Waals surface area contributed by atoms with E-state index in [-0.39, 0.29) is 5.60 Å². The molecular formula is C14H22O2. The van der Waals surface area contributed by atoms with Crippen molar-refractivity contribution in [3.63, 3.8) is 0 Å². The SMILES string of the molecule is O=C1CCCC1C1CCOC2(CCCC2)C1. The van der Waals surface area contributed by atoms with E-state index in [2.05, 4.69) is 0 Å². The molecule has 2 atom stereocenters. The average Bonchev–Trinajstić information content (AvgIpc) is 2.88. The molecule has 0 bridgehead atoms. The van der Waals surface area contributed by atoms with Crippen LogP contribution in [-0.4, -0.2) is 18.0 Å². The molecule has 0 aromatic carbocycles. The van der Waals surface area contributed by atoms with Crippen molar-refractivity contribution in [3.05, 3.63) is 0 Å². The van der Waals surface area contributed by atoms with Crippen LogP contribution in [0, 0.1) is 11.8 Å². The number of Topliss-reactive ketones (excluding diaryl/α,β-unsaturated/α-hetero) is 1. The van der Waals surface area contributed by atoms with Crippen LogP contribution in [0.1, 0.15) is 57.8 Å². The molecule has 2 heteroatoms. The molecule has 2 nitrogen and oxygen atoms in total. The second-order valence-electron chi connectivity index (χ2n) is 5.96. The van der Waals surface area contributed by atoms with Crippen LogP contribution >= 0.6 is 0 Å². The summed E-state index contributed by atoms with van der Waals surface area (Å²) in [6.07, 6.45) is 10.6. The van der Waals surface area contributed by atoms with E-state index in [0.717, 1.165) is 32.3 Å². The quantitative estimate of drug-likeness (QED) is 0.681. The van der Waals surface area contributed by atoms with Crippen LogP contribution in [0.15, 0.2) is 0 Å². The smallest absolute Gasteiger partial charge is 0.136 e. The summed E-state index contributed by atoms with van der Waals surface area (Å²) in [6.45, 7) is 0.897. The van der Waals surface area contributed by atoms with Crippen molar-refractivity contribution in [1.29, 1.82) is 0 Å². The number of carbonyl (C=O) groups is 1. The van der Waals surface area contributed by atoms with Crippen molar-refractivity contribution in [3.8, 4) is 0 Å². The van der Waals surface area contributed by atoms with Crippen molar-refractivity contribution >= 4 is 5.78 Å². The molecule has 0 amide bonds. The molecular weight excluding hydrogens is 200 g/mol. The van der Waals surface area contributed by atoms with Crippen LogP contribution < -0.4 is 0 Å². The van der Waals surface area contributed by atoms with Crippen LogP contribution in [-0.2, 0) is 9.53 Å². The van der Waals surface area contributed by atoms with Gasteiger partial charge in [0.05, 0.1) is 5.60 Å². The fourth-order valence-electron chi connectivity index (χ4n) is 4.12. The Balaban J connectivity index is 1.69. The summed E-state index contributed by atoms with van der Waals surface area (Å²) in [5.41, 5.74) is 0.186. The molecule has 0 radical (unpaired) electrons. The van der Waals surface area contributed by atoms with Gasteiger partial charge in [0.2, 0.25) is 0 Å². The number of rotatable bonds is 1. The first kappa shape index (κ1) is 10.8. The second-order valence-corrected chi connectivity index (χ2v) is 5.96. The minimum atomic E-state index is 0.186. The van der Waals surface area contributed by atoms with E-state index in [9.17, 15) is 4.79 Å². The lowest BCUT2D eigenvalue weighted by atomic mass is 9.76. The fraction of sp³-hybridized carbons (Fsp3) is 0.929. The molecule has 3 rings (SSSR count). The summed E-state index contributed by atoms with van der Waals surface area (Å²) < 4.78 is 6.04. The molecule has 1 spiro atoms. The lowest BCUT2D eigenvalue weighted by Crippen LogP contribution is -2.40. The first-order valence-electron chi connectivity index (χ1n) is 6.96. The Morgan fingerprint density at radius 2 is 1.94 bits per heavy atom. The molecule has 1 saturated heterocycles. The molecule has 0 aromatic rings. The molecule has 0 aromatic heterocycles. The van der Waals surface area contributed by atoms with Gasteiger partial charge in [-0.05, 0) is 44.4 Å². The van der Waals surface area contributed by atoms with Gasteiger partial charge in [-0.25, -0.2) is 0 Å². The Kier molecular flexibility index (Phi) is 2.78. The standard InChI is InChI=1S/C14H22O2/c15-13-5-3-4-12(13)11-6-9-16-14(10-11)7-1-2-8-14/h11-12H,1-10H2. The van der Waals surface area contributed by atoms with Crippen molar-refractivity contribution in [1.82, 2.24) is 0 Å². The average molecular weight is 222 g/mol. The summed E-state index contributed by atoms with van der Waals surface area (Å²) in [6, 6.07) is 0. The molecule has 1 aliphatic heterocycles. The zero-order valence-corrected chi connectivity index (χ0v) is 10.0. The zero-order valence-electron chi connectivity index (χ0n) is 10.0. The van der Waals surface area contributed by atoms with Crippen LogP contribution in [0.4, 0.5) is 0 Å². The van der Waals surface area contributed by atoms with E-state index >= 15 is 0 Å². The predicted molar refractivity (Wildman–Crippen MR) is 62.2 cm³/mol. The highest BCUT2D eigenvalue weighted by molar-refractivity contribution is 5.83. The summed E-state index contributed by atoms with van der Waals surface area (Å²) in [5.74, 6) is 1.57. The maximum Gasteiger partial charge on any atom is 0.136 e. The normalized spacial score (nSPS) is 38.4. The molecule has 3 fully saturated rings. The van der Waals surface area contributed by atoms with Crippen LogP contribution in [0.2, 0.25) is 0 Å². The topological polar surface area (TPSA) is 26.3 Å². The van der Waals surface area contributed by atoms with Crippen molar-refractivity contribution < 1.29 is 9.53 Å². The highest BCUT2D eigenvalue weighted by Crippen LogP contribution is 2.46. The summed E-state index contributed by atoms with van der Waals surface area (Å²) in [7, 11) is 0. The van der Waals surface area contributed by atoms with Gasteiger partial charge in [-0.15, -0.1) is 0 Å². The third-order valence-electron chi connectivity index (χ3n) is 4.97. The molecule has 2 saturated carbocycles. The summed E-state index contributed by atoms with van der Waals surface area (Å²) >= 11 is 0. The predicted octanol–water partition coefficient (Wildman–Crippen LogP) is 3.10. The van der Waals surface area contributed by atoms with Gasteiger partial charge >= 0.3 is 0 Å². The number of ether oxygens (including phenoxy) is 1. The molecule has 2 unspecified atom stereocenters. The van der Waals surface area contributed by atoms with Gasteiger partial charge in [0, 0.05) is 18.9 Å². The van der Waals surface area contributed by atoms with E-state index in [1.54, 1.807) is 0 Å². The van der Waals surface area contributed by atoms with Gasteiger partial charge in [0.15, 0.2) is 0 Å². The lowest BCUT2D eigenvalue weighted by Gasteiger charge is -2.40. The van der Waals surface area contributed by atoms with E-state index in [0.29, 0.717) is 17.6 Å². The van der Waals surface area contributed by atoms with Crippen molar-refractivity contribution in [2.24, 2.45) is 11.8 Å². The van der Waals surface area contributed by atoms with Gasteiger partial charge < -0.3 is 4.74 Å². The number of ketones is 1. The first-order chi connectivity index (χ1) is 7.79. The monoisotopic (exact) mass is 222 g/mol. The number of hydrogen-bond acceptors (Lipinski definition) is 2. The van der Waals surface area contributed by atoms with Crippen LogP contribution in [0.3, 0.4) is 0 Å². The minimum absolute atomic E-state index is 0.186. The Morgan fingerprint density at radius 1 is 1.12 bits per heavy atom. The molecule has 3 aliphatic rings. The maximum absolute atomic E-state index is 11.8. The van der Waals surface area contributed by atoms with Crippen molar-refractivity contribution in [2.75, 3.05) is 6.61 Å². The summed E-state index contributed by atoms with van der Waals surface area (Å²) in [4.78, 5) is 11.8. The molecule has 16 heavy (non-hydrogen) atoms. The van der Waals surface area contributed by atoms with Gasteiger partial charge in [0.25, 0.3) is 0 Å². The highest BCUT2D eigenvalue weighted by atomic mass is 16.5. The Hall–Kier alpha value is -0.370. The number of hydrogen-bond donors (Lipinski definition) is 0. The lowest BCUT2D eigenvalue weighted by molar-refractivity contribution is -0.129. The third kappa shape index (κ3) is 1.81. The Morgan fingerprint density at radius 3 is 2.62 bits per heavy atom. The zero-order chi connectivity index (χ0) is 11.0. The molecule has 0 N–H and O–H groups in total. The van der Waals surface area contributed by atoms with Crippen molar-refractivity contribution in [2.45, 2.75) is 63.4 Å². The first-order valence-corrected chi connectivity index (χ1v) is 6.96. The number of carbonyl (C=O) groups excluding carboxylic acids is 1. The van der Waals surface area contributed by atoms with E-state index in [1.165, 1.54) is 32.1 Å². The largest absolute Gasteiger partial charge is 0.375 e. The summed E-state index contributed by atoms with van der Waals surface area (Å²) in [5, 5.41) is 0. The third-order valence-corrected chi connectivity index (χ3v) is 4.97. The van der Waals surface area contributed by atoms with Gasteiger partial charge in [-0.1, -0.05) is 12.8 Å². The van der Waals surface area contributed by atoms with E-state index < -0.39 is 0 Å². The van der Waals surface area contributed by atoms with E-state index in [1.807, 2.05) is 0 Å². The van der Waals surface area contributed by atoms with Crippen LogP contribution in [0.25, 0.3) is 0 Å².